The second kappa shape index (κ2) is 7.79. The summed E-state index contributed by atoms with van der Waals surface area (Å²) in [6.07, 6.45) is 4.93. The van der Waals surface area contributed by atoms with E-state index >= 15 is 0 Å². The number of rotatable bonds is 5. The number of fused-ring (bicyclic) bond motifs is 1. The van der Waals surface area contributed by atoms with Gasteiger partial charge < -0.3 is 15.3 Å². The summed E-state index contributed by atoms with van der Waals surface area (Å²) in [5, 5.41) is 16.1. The molecule has 1 aromatic carbocycles. The van der Waals surface area contributed by atoms with Gasteiger partial charge in [-0.05, 0) is 49.6 Å². The quantitative estimate of drug-likeness (QED) is 0.691. The Hall–Kier alpha value is -3.00. The summed E-state index contributed by atoms with van der Waals surface area (Å²) in [5.74, 6) is -1.49. The molecular formula is C21H22F2N4O2. The lowest BCUT2D eigenvalue weighted by Gasteiger charge is -2.27. The first-order chi connectivity index (χ1) is 14.0. The van der Waals surface area contributed by atoms with Crippen molar-refractivity contribution in [1.29, 1.82) is 0 Å². The molecule has 0 unspecified atom stereocenters. The lowest BCUT2D eigenvalue weighted by Crippen LogP contribution is -2.34. The van der Waals surface area contributed by atoms with Crippen LogP contribution in [0.1, 0.15) is 41.7 Å². The molecule has 152 valence electrons. The monoisotopic (exact) mass is 400 g/mol. The van der Waals surface area contributed by atoms with E-state index in [1.807, 2.05) is 12.1 Å². The molecule has 29 heavy (non-hydrogen) atoms. The van der Waals surface area contributed by atoms with Crippen molar-refractivity contribution in [1.82, 2.24) is 14.9 Å². The number of carbonyl (C=O) groups is 1. The molecule has 0 radical (unpaired) electrons. The third kappa shape index (κ3) is 3.80. The largest absolute Gasteiger partial charge is 0.394 e. The molecule has 1 amide bonds. The summed E-state index contributed by atoms with van der Waals surface area (Å²) < 4.78 is 29.0. The minimum atomic E-state index is -0.588. The molecule has 1 aliphatic heterocycles. The van der Waals surface area contributed by atoms with E-state index < -0.39 is 11.6 Å². The predicted octanol–water partition coefficient (Wildman–Crippen LogP) is 3.06. The van der Waals surface area contributed by atoms with Gasteiger partial charge in [0, 0.05) is 30.5 Å². The zero-order valence-electron chi connectivity index (χ0n) is 16.0. The van der Waals surface area contributed by atoms with Crippen molar-refractivity contribution in [2.45, 2.75) is 31.8 Å². The highest BCUT2D eigenvalue weighted by Gasteiger charge is 2.28. The van der Waals surface area contributed by atoms with Crippen LogP contribution in [0, 0.1) is 11.6 Å². The van der Waals surface area contributed by atoms with E-state index in [1.54, 1.807) is 17.6 Å². The third-order valence-corrected chi connectivity index (χ3v) is 5.26. The number of nitrogens with one attached hydrogen (secondary N) is 1. The number of hydrogen-bond acceptors (Lipinski definition) is 4. The standard InChI is InChI=1S/C21H22F2N4O2/c1-13(12-28)25-21(29)18-11-24-27-6-4-17(10-20(18)27)26-5-2-3-19(26)14-7-15(22)9-16(23)8-14/h4,6-11,13,19,28H,2-3,5,12H2,1H3,(H,25,29)/t13-,19-/m1/s1. The van der Waals surface area contributed by atoms with E-state index in [2.05, 4.69) is 15.3 Å². The third-order valence-electron chi connectivity index (χ3n) is 5.26. The van der Waals surface area contributed by atoms with Gasteiger partial charge in [0.2, 0.25) is 0 Å². The van der Waals surface area contributed by atoms with Crippen LogP contribution in [0.3, 0.4) is 0 Å². The minimum Gasteiger partial charge on any atom is -0.394 e. The molecule has 8 heteroatoms. The number of hydrogen-bond donors (Lipinski definition) is 2. The number of aliphatic hydroxyl groups is 1. The van der Waals surface area contributed by atoms with E-state index in [9.17, 15) is 13.6 Å². The maximum atomic E-state index is 13.7. The topological polar surface area (TPSA) is 69.9 Å². The number of pyridine rings is 1. The summed E-state index contributed by atoms with van der Waals surface area (Å²) >= 11 is 0. The van der Waals surface area contributed by atoms with Crippen LogP contribution in [0.4, 0.5) is 14.5 Å². The molecule has 1 aliphatic rings. The minimum absolute atomic E-state index is 0.141. The van der Waals surface area contributed by atoms with Crippen LogP contribution in [-0.2, 0) is 0 Å². The van der Waals surface area contributed by atoms with Gasteiger partial charge in [-0.1, -0.05) is 0 Å². The first-order valence-corrected chi connectivity index (χ1v) is 9.58. The van der Waals surface area contributed by atoms with Gasteiger partial charge in [-0.2, -0.15) is 5.10 Å². The Bertz CT molecular complexity index is 1030. The molecule has 4 rings (SSSR count). The van der Waals surface area contributed by atoms with Crippen LogP contribution in [0.15, 0.2) is 42.7 Å². The normalized spacial score (nSPS) is 17.7. The number of aromatic nitrogens is 2. The maximum Gasteiger partial charge on any atom is 0.255 e. The van der Waals surface area contributed by atoms with Crippen LogP contribution in [-0.4, -0.2) is 39.8 Å². The predicted molar refractivity (Wildman–Crippen MR) is 105 cm³/mol. The highest BCUT2D eigenvalue weighted by atomic mass is 19.1. The van der Waals surface area contributed by atoms with Gasteiger partial charge in [0.1, 0.15) is 11.6 Å². The van der Waals surface area contributed by atoms with Crippen molar-refractivity contribution in [2.24, 2.45) is 0 Å². The molecule has 1 fully saturated rings. The molecule has 0 saturated carbocycles. The van der Waals surface area contributed by atoms with Gasteiger partial charge >= 0.3 is 0 Å². The summed E-state index contributed by atoms with van der Waals surface area (Å²) in [6, 6.07) is 6.85. The molecule has 6 nitrogen and oxygen atoms in total. The number of amides is 1. The summed E-state index contributed by atoms with van der Waals surface area (Å²) in [5.41, 5.74) is 2.48. The second-order valence-electron chi connectivity index (χ2n) is 7.38. The van der Waals surface area contributed by atoms with Crippen molar-refractivity contribution >= 4 is 17.1 Å². The highest BCUT2D eigenvalue weighted by molar-refractivity contribution is 6.01. The lowest BCUT2D eigenvalue weighted by atomic mass is 10.0. The first-order valence-electron chi connectivity index (χ1n) is 9.58. The van der Waals surface area contributed by atoms with Crippen molar-refractivity contribution < 1.29 is 18.7 Å². The van der Waals surface area contributed by atoms with E-state index in [-0.39, 0.29) is 24.6 Å². The molecule has 1 saturated heterocycles. The number of halogens is 2. The van der Waals surface area contributed by atoms with Crippen LogP contribution in [0.2, 0.25) is 0 Å². The average molecular weight is 400 g/mol. The van der Waals surface area contributed by atoms with Crippen LogP contribution in [0.5, 0.6) is 0 Å². The average Bonchev–Trinajstić information content (AvgIpc) is 3.33. The van der Waals surface area contributed by atoms with Gasteiger partial charge in [-0.3, -0.25) is 4.79 Å². The number of anilines is 1. The molecule has 2 aromatic heterocycles. The second-order valence-corrected chi connectivity index (χ2v) is 7.38. The van der Waals surface area contributed by atoms with Crippen molar-refractivity contribution in [2.75, 3.05) is 18.1 Å². The molecule has 3 heterocycles. The molecular weight excluding hydrogens is 378 g/mol. The molecule has 0 spiro atoms. The molecule has 2 N–H and O–H groups in total. The Morgan fingerprint density at radius 2 is 2.07 bits per heavy atom. The fourth-order valence-electron chi connectivity index (χ4n) is 3.86. The number of benzene rings is 1. The number of carbonyl (C=O) groups excluding carboxylic acids is 1. The van der Waals surface area contributed by atoms with Crippen molar-refractivity contribution in [3.63, 3.8) is 0 Å². The fraction of sp³-hybridized carbons (Fsp3) is 0.333. The molecule has 0 bridgehead atoms. The maximum absolute atomic E-state index is 13.7. The number of aliphatic hydroxyl groups excluding tert-OH is 1. The zero-order chi connectivity index (χ0) is 20.5. The van der Waals surface area contributed by atoms with Crippen LogP contribution >= 0.6 is 0 Å². The lowest BCUT2D eigenvalue weighted by molar-refractivity contribution is 0.0924. The van der Waals surface area contributed by atoms with E-state index in [0.29, 0.717) is 16.6 Å². The SMILES string of the molecule is C[C@H](CO)NC(=O)c1cnn2ccc(N3CCC[C@@H]3c3cc(F)cc(F)c3)cc12. The van der Waals surface area contributed by atoms with Gasteiger partial charge in [0.05, 0.1) is 29.9 Å². The Morgan fingerprint density at radius 1 is 1.31 bits per heavy atom. The van der Waals surface area contributed by atoms with E-state index in [4.69, 9.17) is 5.11 Å². The van der Waals surface area contributed by atoms with E-state index in [0.717, 1.165) is 31.1 Å². The van der Waals surface area contributed by atoms with Gasteiger partial charge in [0.25, 0.3) is 5.91 Å². The summed E-state index contributed by atoms with van der Waals surface area (Å²) in [6.45, 7) is 2.30. The Morgan fingerprint density at radius 3 is 2.79 bits per heavy atom. The smallest absolute Gasteiger partial charge is 0.255 e. The van der Waals surface area contributed by atoms with Crippen LogP contribution < -0.4 is 10.2 Å². The molecule has 0 aliphatic carbocycles. The van der Waals surface area contributed by atoms with Gasteiger partial charge in [0.15, 0.2) is 0 Å². The van der Waals surface area contributed by atoms with Crippen molar-refractivity contribution in [3.8, 4) is 0 Å². The summed E-state index contributed by atoms with van der Waals surface area (Å²) in [7, 11) is 0. The van der Waals surface area contributed by atoms with Gasteiger partial charge in [-0.15, -0.1) is 0 Å². The Balaban J connectivity index is 1.68. The highest BCUT2D eigenvalue weighted by Crippen LogP contribution is 2.37. The van der Waals surface area contributed by atoms with Crippen molar-refractivity contribution in [3.05, 3.63) is 65.5 Å². The molecule has 3 aromatic rings. The van der Waals surface area contributed by atoms with E-state index in [1.165, 1.54) is 18.3 Å². The van der Waals surface area contributed by atoms with Gasteiger partial charge in [-0.25, -0.2) is 13.3 Å². The van der Waals surface area contributed by atoms with Crippen LogP contribution in [0.25, 0.3) is 5.52 Å². The number of nitrogens with zero attached hydrogens (tertiary/aromatic N) is 3. The zero-order valence-corrected chi connectivity index (χ0v) is 16.0. The first kappa shape index (κ1) is 19.3. The fourth-order valence-corrected chi connectivity index (χ4v) is 3.86. The molecule has 2 atom stereocenters. The Labute approximate surface area is 166 Å². The summed E-state index contributed by atoms with van der Waals surface area (Å²) in [4.78, 5) is 14.6. The Kier molecular flexibility index (Phi) is 5.19.